The Morgan fingerprint density at radius 1 is 1.38 bits per heavy atom. The lowest BCUT2D eigenvalue weighted by molar-refractivity contribution is -0.137. The number of aliphatic hydroxyl groups is 3. The second-order valence-electron chi connectivity index (χ2n) is 4.83. The molecule has 0 aliphatic heterocycles. The van der Waals surface area contributed by atoms with Crippen molar-refractivity contribution in [2.24, 2.45) is 5.41 Å². The lowest BCUT2D eigenvalue weighted by atomic mass is 9.87. The van der Waals surface area contributed by atoms with Gasteiger partial charge in [-0.3, -0.25) is 4.79 Å². The van der Waals surface area contributed by atoms with E-state index < -0.39 is 17.4 Å². The average molecular weight is 233 g/mol. The maximum Gasteiger partial charge on any atom is 0.249 e. The van der Waals surface area contributed by atoms with Crippen LogP contribution in [0.1, 0.15) is 33.6 Å². The summed E-state index contributed by atoms with van der Waals surface area (Å²) < 4.78 is 0. The van der Waals surface area contributed by atoms with E-state index in [1.54, 1.807) is 20.8 Å². The second-order valence-corrected chi connectivity index (χ2v) is 4.83. The first-order chi connectivity index (χ1) is 7.31. The molecule has 0 radical (unpaired) electrons. The van der Waals surface area contributed by atoms with Crippen molar-refractivity contribution in [1.82, 2.24) is 5.32 Å². The fourth-order valence-electron chi connectivity index (χ4n) is 1.15. The van der Waals surface area contributed by atoms with Crippen LogP contribution in [0.25, 0.3) is 0 Å². The summed E-state index contributed by atoms with van der Waals surface area (Å²) in [6.07, 6.45) is -0.324. The first-order valence-corrected chi connectivity index (χ1v) is 5.56. The molecule has 0 aliphatic rings. The molecule has 1 amide bonds. The molecule has 5 nitrogen and oxygen atoms in total. The van der Waals surface area contributed by atoms with Crippen molar-refractivity contribution in [2.75, 3.05) is 13.2 Å². The van der Waals surface area contributed by atoms with Crippen molar-refractivity contribution >= 4 is 5.91 Å². The Labute approximate surface area is 96.5 Å². The van der Waals surface area contributed by atoms with Crippen LogP contribution in [-0.2, 0) is 4.79 Å². The molecule has 4 N–H and O–H groups in total. The molecular formula is C11H23NO4. The van der Waals surface area contributed by atoms with E-state index in [1.807, 2.05) is 0 Å². The first-order valence-electron chi connectivity index (χ1n) is 5.56. The number of hydrogen-bond donors (Lipinski definition) is 4. The van der Waals surface area contributed by atoms with Gasteiger partial charge in [-0.2, -0.15) is 0 Å². The van der Waals surface area contributed by atoms with Gasteiger partial charge in [0, 0.05) is 12.0 Å². The van der Waals surface area contributed by atoms with Crippen molar-refractivity contribution in [1.29, 1.82) is 0 Å². The molecule has 0 saturated heterocycles. The Kier molecular flexibility index (Phi) is 6.55. The molecule has 0 aliphatic carbocycles. The van der Waals surface area contributed by atoms with Gasteiger partial charge in [-0.15, -0.1) is 0 Å². The van der Waals surface area contributed by atoms with E-state index in [-0.39, 0.29) is 12.7 Å². The van der Waals surface area contributed by atoms with Gasteiger partial charge in [0.25, 0.3) is 0 Å². The number of rotatable bonds is 7. The molecule has 16 heavy (non-hydrogen) atoms. The minimum atomic E-state index is -1.22. The number of carbonyl (C=O) groups excluding carboxylic acids is 1. The Balaban J connectivity index is 3.89. The molecule has 0 saturated carbocycles. The summed E-state index contributed by atoms with van der Waals surface area (Å²) in [4.78, 5) is 11.5. The normalized spacial score (nSPS) is 15.6. The Hall–Kier alpha value is -0.650. The highest BCUT2D eigenvalue weighted by Crippen LogP contribution is 2.19. The molecule has 0 aromatic carbocycles. The van der Waals surface area contributed by atoms with Crippen LogP contribution in [-0.4, -0.2) is 46.6 Å². The summed E-state index contributed by atoms with van der Waals surface area (Å²) in [6, 6.07) is 0. The summed E-state index contributed by atoms with van der Waals surface area (Å²) in [6.45, 7) is 5.09. The van der Waals surface area contributed by atoms with Crippen LogP contribution in [0.4, 0.5) is 0 Å². The van der Waals surface area contributed by atoms with Crippen molar-refractivity contribution in [3.05, 3.63) is 0 Å². The third-order valence-electron chi connectivity index (χ3n) is 2.49. The van der Waals surface area contributed by atoms with Gasteiger partial charge in [-0.1, -0.05) is 13.8 Å². The molecule has 0 bridgehead atoms. The van der Waals surface area contributed by atoms with Gasteiger partial charge in [-0.25, -0.2) is 0 Å². The van der Waals surface area contributed by atoms with E-state index in [0.717, 1.165) is 0 Å². The van der Waals surface area contributed by atoms with E-state index in [0.29, 0.717) is 19.4 Å². The van der Waals surface area contributed by atoms with Crippen LogP contribution in [0, 0.1) is 5.41 Å². The van der Waals surface area contributed by atoms with Crippen LogP contribution in [0.15, 0.2) is 0 Å². The molecule has 0 aromatic heterocycles. The molecule has 0 rings (SSSR count). The zero-order valence-electron chi connectivity index (χ0n) is 10.2. The second kappa shape index (κ2) is 6.83. The summed E-state index contributed by atoms with van der Waals surface area (Å²) >= 11 is 0. The third kappa shape index (κ3) is 5.44. The lowest BCUT2D eigenvalue weighted by Gasteiger charge is -2.27. The fourth-order valence-corrected chi connectivity index (χ4v) is 1.15. The average Bonchev–Trinajstić information content (AvgIpc) is 2.22. The maximum atomic E-state index is 11.5. The Morgan fingerprint density at radius 2 is 1.94 bits per heavy atom. The highest BCUT2D eigenvalue weighted by atomic mass is 16.3. The summed E-state index contributed by atoms with van der Waals surface area (Å²) in [5, 5.41) is 30.2. The third-order valence-corrected chi connectivity index (χ3v) is 2.49. The molecule has 2 unspecified atom stereocenters. The van der Waals surface area contributed by atoms with Gasteiger partial charge in [0.05, 0.1) is 12.7 Å². The smallest absolute Gasteiger partial charge is 0.249 e. The van der Waals surface area contributed by atoms with E-state index in [1.165, 1.54) is 0 Å². The van der Waals surface area contributed by atoms with Crippen molar-refractivity contribution in [3.63, 3.8) is 0 Å². The van der Waals surface area contributed by atoms with Crippen LogP contribution >= 0.6 is 0 Å². The van der Waals surface area contributed by atoms with Crippen molar-refractivity contribution < 1.29 is 20.1 Å². The van der Waals surface area contributed by atoms with E-state index in [9.17, 15) is 9.90 Å². The topological polar surface area (TPSA) is 89.8 Å². The monoisotopic (exact) mass is 233 g/mol. The predicted octanol–water partition coefficient (Wildman–Crippen LogP) is -0.357. The van der Waals surface area contributed by atoms with E-state index >= 15 is 0 Å². The van der Waals surface area contributed by atoms with Crippen LogP contribution in [0.2, 0.25) is 0 Å². The molecule has 0 spiro atoms. The lowest BCUT2D eigenvalue weighted by Crippen LogP contribution is -2.45. The molecule has 2 atom stereocenters. The van der Waals surface area contributed by atoms with Crippen LogP contribution in [0.5, 0.6) is 0 Å². The number of hydrogen-bond acceptors (Lipinski definition) is 4. The minimum absolute atomic E-state index is 0.255. The van der Waals surface area contributed by atoms with Gasteiger partial charge in [0.2, 0.25) is 5.91 Å². The molecule has 0 heterocycles. The van der Waals surface area contributed by atoms with Crippen LogP contribution in [0.3, 0.4) is 0 Å². The standard InChI is InChI=1S/C11H23NO4/c1-8(14)5-4-6-12-10(16)9(15)11(2,3)7-13/h8-9,13-15H,4-7H2,1-3H3,(H,12,16). The summed E-state index contributed by atoms with van der Waals surface area (Å²) in [5.41, 5.74) is -0.839. The highest BCUT2D eigenvalue weighted by molar-refractivity contribution is 5.81. The molecule has 96 valence electrons. The summed E-state index contributed by atoms with van der Waals surface area (Å²) in [7, 11) is 0. The largest absolute Gasteiger partial charge is 0.396 e. The van der Waals surface area contributed by atoms with E-state index in [2.05, 4.69) is 5.32 Å². The maximum absolute atomic E-state index is 11.5. The Bertz CT molecular complexity index is 216. The van der Waals surface area contributed by atoms with Gasteiger partial charge in [0.15, 0.2) is 0 Å². The van der Waals surface area contributed by atoms with Gasteiger partial charge in [0.1, 0.15) is 6.10 Å². The number of carbonyl (C=O) groups is 1. The predicted molar refractivity (Wildman–Crippen MR) is 60.8 cm³/mol. The van der Waals surface area contributed by atoms with Crippen molar-refractivity contribution in [3.8, 4) is 0 Å². The number of amides is 1. The van der Waals surface area contributed by atoms with Gasteiger partial charge in [-0.05, 0) is 19.8 Å². The minimum Gasteiger partial charge on any atom is -0.396 e. The molecular weight excluding hydrogens is 210 g/mol. The fraction of sp³-hybridized carbons (Fsp3) is 0.909. The number of aliphatic hydroxyl groups excluding tert-OH is 3. The zero-order valence-corrected chi connectivity index (χ0v) is 10.2. The molecule has 5 heteroatoms. The number of nitrogens with one attached hydrogen (secondary N) is 1. The SMILES string of the molecule is CC(O)CCCNC(=O)C(O)C(C)(C)CO. The van der Waals surface area contributed by atoms with E-state index in [4.69, 9.17) is 10.2 Å². The van der Waals surface area contributed by atoms with Gasteiger partial charge < -0.3 is 20.6 Å². The van der Waals surface area contributed by atoms with Crippen LogP contribution < -0.4 is 5.32 Å². The summed E-state index contributed by atoms with van der Waals surface area (Å²) in [5.74, 6) is -0.482. The zero-order chi connectivity index (χ0) is 12.8. The van der Waals surface area contributed by atoms with Crippen molar-refractivity contribution in [2.45, 2.75) is 45.8 Å². The quantitative estimate of drug-likeness (QED) is 0.452. The Morgan fingerprint density at radius 3 is 2.38 bits per heavy atom. The first kappa shape index (κ1) is 15.3. The highest BCUT2D eigenvalue weighted by Gasteiger charge is 2.32. The molecule has 0 aromatic rings. The van der Waals surface area contributed by atoms with Gasteiger partial charge >= 0.3 is 0 Å². The molecule has 0 fully saturated rings.